The highest BCUT2D eigenvalue weighted by Crippen LogP contribution is 2.29. The molecule has 1 rings (SSSR count). The lowest BCUT2D eigenvalue weighted by Gasteiger charge is -2.15. The van der Waals surface area contributed by atoms with Crippen molar-refractivity contribution in [2.75, 3.05) is 6.67 Å². The Hall–Kier alpha value is -1.45. The lowest BCUT2D eigenvalue weighted by molar-refractivity contribution is -0.384. The third kappa shape index (κ3) is 2.56. The van der Waals surface area contributed by atoms with Crippen molar-refractivity contribution in [3.8, 4) is 0 Å². The Balaban J connectivity index is 3.26. The molecule has 0 saturated heterocycles. The average Bonchev–Trinajstić information content (AvgIpc) is 2.26. The molecule has 0 aromatic heterocycles. The van der Waals surface area contributed by atoms with Crippen molar-refractivity contribution in [2.24, 2.45) is 0 Å². The van der Waals surface area contributed by atoms with Gasteiger partial charge in [0.1, 0.15) is 0 Å². The lowest BCUT2D eigenvalue weighted by Crippen LogP contribution is -2.04. The molecule has 0 amide bonds. The summed E-state index contributed by atoms with van der Waals surface area (Å²) in [5.74, 6) is 0.754. The van der Waals surface area contributed by atoms with E-state index >= 15 is 0 Å². The van der Waals surface area contributed by atoms with Gasteiger partial charge in [0, 0.05) is 18.1 Å². The van der Waals surface area contributed by atoms with Gasteiger partial charge in [-0.2, -0.15) is 0 Å². The number of benzene rings is 1. The summed E-state index contributed by atoms with van der Waals surface area (Å²) in [4.78, 5) is 10.2. The van der Waals surface area contributed by atoms with E-state index in [1.807, 2.05) is 13.8 Å². The quantitative estimate of drug-likeness (QED) is 0.579. The molecule has 1 radical (unpaired) electrons. The van der Waals surface area contributed by atoms with Crippen molar-refractivity contribution in [1.29, 1.82) is 0 Å². The molecule has 0 aliphatic rings. The van der Waals surface area contributed by atoms with Crippen LogP contribution in [0.5, 0.6) is 0 Å². The van der Waals surface area contributed by atoms with Crippen LogP contribution in [0.25, 0.3) is 0 Å². The molecule has 0 saturated carbocycles. The molecule has 0 aliphatic carbocycles. The van der Waals surface area contributed by atoms with E-state index in [-0.39, 0.29) is 11.6 Å². The highest BCUT2D eigenvalue weighted by atomic mass is 19.1. The van der Waals surface area contributed by atoms with E-state index in [2.05, 4.69) is 0 Å². The fraction of sp³-hybridized carbons (Fsp3) is 0.417. The molecule has 0 aliphatic heterocycles. The number of non-ortho nitro benzene ring substituents is 1. The summed E-state index contributed by atoms with van der Waals surface area (Å²) in [6, 6.07) is 4.62. The second-order valence-electron chi connectivity index (χ2n) is 4.10. The average molecular weight is 224 g/mol. The first-order chi connectivity index (χ1) is 7.47. The molecule has 0 atom stereocenters. The second kappa shape index (κ2) is 5.05. The molecule has 87 valence electrons. The van der Waals surface area contributed by atoms with E-state index < -0.39 is 11.6 Å². The van der Waals surface area contributed by atoms with Gasteiger partial charge >= 0.3 is 0 Å². The number of nitro benzene ring substituents is 1. The maximum Gasteiger partial charge on any atom is 0.269 e. The second-order valence-corrected chi connectivity index (χ2v) is 4.10. The summed E-state index contributed by atoms with van der Waals surface area (Å²) < 4.78 is 12.6. The fourth-order valence-electron chi connectivity index (χ4n) is 1.60. The first-order valence-electron chi connectivity index (χ1n) is 5.14. The predicted molar refractivity (Wildman–Crippen MR) is 61.2 cm³/mol. The highest BCUT2D eigenvalue weighted by Gasteiger charge is 2.17. The molecule has 0 unspecified atom stereocenters. The van der Waals surface area contributed by atoms with Crippen molar-refractivity contribution >= 4 is 5.69 Å². The molecule has 0 fully saturated rings. The lowest BCUT2D eigenvalue weighted by atomic mass is 9.90. The van der Waals surface area contributed by atoms with Crippen LogP contribution >= 0.6 is 0 Å². The van der Waals surface area contributed by atoms with Gasteiger partial charge in [-0.1, -0.05) is 26.8 Å². The van der Waals surface area contributed by atoms with Crippen LogP contribution < -0.4 is 0 Å². The Bertz CT molecular complexity index is 391. The van der Waals surface area contributed by atoms with Crippen LogP contribution in [0.3, 0.4) is 0 Å². The van der Waals surface area contributed by atoms with Gasteiger partial charge in [0.05, 0.1) is 11.6 Å². The standard InChI is InChI=1S/C12H15FNO2/c1-8(2)11-5-4-10(14(15)16)6-12(11)9(3)7-13/h4-6,8H,7H2,1-3H3. The molecule has 16 heavy (non-hydrogen) atoms. The fourth-order valence-corrected chi connectivity index (χ4v) is 1.60. The number of nitrogens with zero attached hydrogens (tertiary/aromatic N) is 1. The van der Waals surface area contributed by atoms with E-state index in [0.717, 1.165) is 5.56 Å². The van der Waals surface area contributed by atoms with Crippen LogP contribution in [0.4, 0.5) is 10.1 Å². The maximum absolute atomic E-state index is 12.6. The summed E-state index contributed by atoms with van der Waals surface area (Å²) in [6.45, 7) is 5.04. The molecule has 4 heteroatoms. The molecule has 1 aromatic rings. The number of alkyl halides is 1. The predicted octanol–water partition coefficient (Wildman–Crippen LogP) is 3.63. The largest absolute Gasteiger partial charge is 0.269 e. The summed E-state index contributed by atoms with van der Waals surface area (Å²) in [5.41, 5.74) is 1.61. The normalized spacial score (nSPS) is 11.1. The Morgan fingerprint density at radius 3 is 2.56 bits per heavy atom. The van der Waals surface area contributed by atoms with Gasteiger partial charge in [-0.05, 0) is 17.0 Å². The molecular formula is C12H15FNO2. The van der Waals surface area contributed by atoms with Crippen molar-refractivity contribution in [2.45, 2.75) is 26.7 Å². The van der Waals surface area contributed by atoms with Gasteiger partial charge in [0.25, 0.3) is 5.69 Å². The SMILES string of the molecule is C[C](CF)c1cc([N+](=O)[O-])ccc1C(C)C. The minimum atomic E-state index is -0.582. The van der Waals surface area contributed by atoms with Crippen LogP contribution in [0, 0.1) is 16.0 Å². The van der Waals surface area contributed by atoms with Gasteiger partial charge in [-0.3, -0.25) is 14.5 Å². The van der Waals surface area contributed by atoms with Crippen molar-refractivity contribution < 1.29 is 9.31 Å². The summed E-state index contributed by atoms with van der Waals surface area (Å²) in [7, 11) is 0. The van der Waals surface area contributed by atoms with Crippen molar-refractivity contribution in [3.05, 3.63) is 45.4 Å². The molecule has 3 nitrogen and oxygen atoms in total. The van der Waals surface area contributed by atoms with E-state index in [9.17, 15) is 14.5 Å². The first-order valence-corrected chi connectivity index (χ1v) is 5.14. The Labute approximate surface area is 94.4 Å². The van der Waals surface area contributed by atoms with Crippen LogP contribution in [0.15, 0.2) is 18.2 Å². The van der Waals surface area contributed by atoms with Gasteiger partial charge < -0.3 is 0 Å². The van der Waals surface area contributed by atoms with Gasteiger partial charge in [0.15, 0.2) is 0 Å². The minimum Gasteiger partial charge on any atom is -0.258 e. The summed E-state index contributed by atoms with van der Waals surface area (Å²) >= 11 is 0. The highest BCUT2D eigenvalue weighted by molar-refractivity contribution is 5.47. The van der Waals surface area contributed by atoms with Crippen LogP contribution in [0.2, 0.25) is 0 Å². The zero-order valence-corrected chi connectivity index (χ0v) is 9.66. The number of nitro groups is 1. The van der Waals surface area contributed by atoms with Crippen LogP contribution in [0.1, 0.15) is 37.8 Å². The topological polar surface area (TPSA) is 43.1 Å². The molecule has 0 heterocycles. The van der Waals surface area contributed by atoms with Crippen LogP contribution in [-0.2, 0) is 0 Å². The van der Waals surface area contributed by atoms with Crippen molar-refractivity contribution in [3.63, 3.8) is 0 Å². The molecule has 0 N–H and O–H groups in total. The Morgan fingerprint density at radius 2 is 2.12 bits per heavy atom. The van der Waals surface area contributed by atoms with E-state index in [4.69, 9.17) is 0 Å². The zero-order chi connectivity index (χ0) is 12.3. The van der Waals surface area contributed by atoms with E-state index in [1.54, 1.807) is 13.0 Å². The summed E-state index contributed by atoms with van der Waals surface area (Å²) in [5, 5.41) is 10.6. The van der Waals surface area contributed by atoms with Gasteiger partial charge in [-0.25, -0.2) is 0 Å². The van der Waals surface area contributed by atoms with Gasteiger partial charge in [-0.15, -0.1) is 0 Å². The number of rotatable bonds is 4. The smallest absolute Gasteiger partial charge is 0.258 e. The maximum atomic E-state index is 12.6. The number of hydrogen-bond donors (Lipinski definition) is 0. The Morgan fingerprint density at radius 1 is 1.50 bits per heavy atom. The molecule has 0 spiro atoms. The van der Waals surface area contributed by atoms with Gasteiger partial charge in [0.2, 0.25) is 0 Å². The minimum absolute atomic E-state index is 0.00667. The third-order valence-electron chi connectivity index (χ3n) is 2.53. The Kier molecular flexibility index (Phi) is 3.99. The van der Waals surface area contributed by atoms with E-state index in [1.165, 1.54) is 12.1 Å². The first kappa shape index (κ1) is 12.6. The molecule has 0 bridgehead atoms. The molecule has 1 aromatic carbocycles. The number of halogens is 1. The van der Waals surface area contributed by atoms with E-state index in [0.29, 0.717) is 11.5 Å². The zero-order valence-electron chi connectivity index (χ0n) is 9.66. The molecular weight excluding hydrogens is 209 g/mol. The summed E-state index contributed by atoms with van der Waals surface area (Å²) in [6.07, 6.45) is 0. The number of hydrogen-bond acceptors (Lipinski definition) is 2. The van der Waals surface area contributed by atoms with Crippen molar-refractivity contribution in [1.82, 2.24) is 0 Å². The van der Waals surface area contributed by atoms with Crippen LogP contribution in [-0.4, -0.2) is 11.6 Å². The monoisotopic (exact) mass is 224 g/mol. The third-order valence-corrected chi connectivity index (χ3v) is 2.53.